The first-order chi connectivity index (χ1) is 7.79. The van der Waals surface area contributed by atoms with Crippen molar-refractivity contribution in [1.29, 1.82) is 0 Å². The van der Waals surface area contributed by atoms with Gasteiger partial charge < -0.3 is 4.42 Å². The highest BCUT2D eigenvalue weighted by molar-refractivity contribution is 7.73. The van der Waals surface area contributed by atoms with Gasteiger partial charge in [0.1, 0.15) is 4.83 Å². The molecule has 2 aromatic heterocycles. The predicted molar refractivity (Wildman–Crippen MR) is 72.4 cm³/mol. The van der Waals surface area contributed by atoms with E-state index in [0.717, 1.165) is 9.39 Å². The lowest BCUT2D eigenvalue weighted by atomic mass is 9.97. The fourth-order valence-corrected chi connectivity index (χ4v) is 2.44. The third kappa shape index (κ3) is 2.30. The third-order valence-corrected chi connectivity index (χ3v) is 3.94. The maximum Gasteiger partial charge on any atom is 0.347 e. The molecule has 0 N–H and O–H groups in total. The molecule has 0 aliphatic rings. The Labute approximate surface area is 108 Å². The van der Waals surface area contributed by atoms with Crippen LogP contribution in [-0.4, -0.2) is 4.98 Å². The number of aromatic nitrogens is 1. The number of hydrogen-bond acceptors (Lipinski definition) is 5. The fourth-order valence-electron chi connectivity index (χ4n) is 1.37. The van der Waals surface area contributed by atoms with Crippen molar-refractivity contribution in [3.05, 3.63) is 31.8 Å². The quantitative estimate of drug-likeness (QED) is 0.684. The molecule has 0 amide bonds. The van der Waals surface area contributed by atoms with Crippen LogP contribution in [0.15, 0.2) is 15.3 Å². The Balaban J connectivity index is 2.88. The van der Waals surface area contributed by atoms with Gasteiger partial charge in [0.25, 0.3) is 0 Å². The van der Waals surface area contributed by atoms with Crippen molar-refractivity contribution in [2.45, 2.75) is 33.1 Å². The molecule has 0 spiro atoms. The molecule has 2 heterocycles. The van der Waals surface area contributed by atoms with Crippen molar-refractivity contribution < 1.29 is 4.42 Å². The molecule has 0 saturated carbocycles. The van der Waals surface area contributed by atoms with Gasteiger partial charge in [0.2, 0.25) is 5.89 Å². The minimum absolute atomic E-state index is 0.285. The van der Waals surface area contributed by atoms with Gasteiger partial charge in [0, 0.05) is 5.41 Å². The average Bonchev–Trinajstić information content (AvgIpc) is 2.19. The normalized spacial score (nSPS) is 12.0. The summed E-state index contributed by atoms with van der Waals surface area (Å²) >= 11 is 6.56. The van der Waals surface area contributed by atoms with Crippen molar-refractivity contribution in [3.63, 3.8) is 0 Å². The van der Waals surface area contributed by atoms with Gasteiger partial charge in [0.15, 0.2) is 0 Å². The van der Waals surface area contributed by atoms with E-state index in [1.165, 1.54) is 11.3 Å². The smallest absolute Gasteiger partial charge is 0.347 e. The van der Waals surface area contributed by atoms with E-state index in [1.807, 2.05) is 27.7 Å². The van der Waals surface area contributed by atoms with Crippen LogP contribution in [0.4, 0.5) is 0 Å². The molecule has 0 unspecified atom stereocenters. The van der Waals surface area contributed by atoms with E-state index >= 15 is 0 Å². The van der Waals surface area contributed by atoms with Gasteiger partial charge in [-0.15, -0.1) is 11.3 Å². The van der Waals surface area contributed by atoms with Crippen LogP contribution in [0, 0.1) is 10.7 Å². The molecule has 0 saturated heterocycles. The Morgan fingerprint density at radius 1 is 1.41 bits per heavy atom. The van der Waals surface area contributed by atoms with Gasteiger partial charge in [-0.2, -0.15) is 0 Å². The van der Waals surface area contributed by atoms with Gasteiger partial charge in [-0.25, -0.2) is 9.78 Å². The van der Waals surface area contributed by atoms with Crippen molar-refractivity contribution >= 4 is 33.8 Å². The highest BCUT2D eigenvalue weighted by Crippen LogP contribution is 2.24. The Kier molecular flexibility index (Phi) is 2.91. The van der Waals surface area contributed by atoms with E-state index in [0.29, 0.717) is 16.1 Å². The minimum atomic E-state index is -0.339. The average molecular weight is 267 g/mol. The number of hydrogen-bond donors (Lipinski definition) is 0. The highest BCUT2D eigenvalue weighted by Gasteiger charge is 2.20. The molecule has 0 atom stereocenters. The van der Waals surface area contributed by atoms with Crippen molar-refractivity contribution in [2.75, 3.05) is 0 Å². The van der Waals surface area contributed by atoms with E-state index in [-0.39, 0.29) is 11.0 Å². The van der Waals surface area contributed by atoms with Gasteiger partial charge >= 0.3 is 5.63 Å². The van der Waals surface area contributed by atoms with Crippen molar-refractivity contribution in [3.8, 4) is 0 Å². The van der Waals surface area contributed by atoms with Crippen LogP contribution < -0.4 is 5.63 Å². The molecule has 2 rings (SSSR count). The van der Waals surface area contributed by atoms with Gasteiger partial charge in [-0.3, -0.25) is 0 Å². The Morgan fingerprint density at radius 3 is 2.65 bits per heavy atom. The van der Waals surface area contributed by atoms with Crippen LogP contribution in [0.5, 0.6) is 0 Å². The Bertz CT molecular complexity index is 692. The number of fused-ring (bicyclic) bond motifs is 1. The van der Waals surface area contributed by atoms with Gasteiger partial charge in [-0.1, -0.05) is 33.0 Å². The second kappa shape index (κ2) is 3.99. The molecular weight excluding hydrogens is 254 g/mol. The molecular formula is C12H13NO2S2. The van der Waals surface area contributed by atoms with Gasteiger partial charge in [-0.05, 0) is 18.6 Å². The molecule has 0 aliphatic carbocycles. The summed E-state index contributed by atoms with van der Waals surface area (Å²) in [6.45, 7) is 7.75. The largest absolute Gasteiger partial charge is 0.407 e. The van der Waals surface area contributed by atoms with Crippen LogP contribution in [0.25, 0.3) is 10.2 Å². The minimum Gasteiger partial charge on any atom is -0.407 e. The van der Waals surface area contributed by atoms with Crippen LogP contribution >= 0.6 is 23.6 Å². The Morgan fingerprint density at radius 2 is 2.06 bits per heavy atom. The zero-order valence-electron chi connectivity index (χ0n) is 10.2. The molecule has 0 aromatic carbocycles. The third-order valence-electron chi connectivity index (χ3n) is 2.36. The fraction of sp³-hybridized carbons (Fsp3) is 0.417. The van der Waals surface area contributed by atoms with E-state index in [9.17, 15) is 4.79 Å². The lowest BCUT2D eigenvalue weighted by molar-refractivity contribution is 0.360. The summed E-state index contributed by atoms with van der Waals surface area (Å²) in [6, 6.07) is 1.75. The van der Waals surface area contributed by atoms with E-state index in [4.69, 9.17) is 16.6 Å². The number of aryl methyl sites for hydroxylation is 1. The molecule has 0 fully saturated rings. The summed E-state index contributed by atoms with van der Waals surface area (Å²) in [5.74, 6) is 0.449. The molecule has 0 bridgehead atoms. The summed E-state index contributed by atoms with van der Waals surface area (Å²) in [4.78, 5) is 16.9. The maximum atomic E-state index is 11.9. The highest BCUT2D eigenvalue weighted by atomic mass is 32.1. The summed E-state index contributed by atoms with van der Waals surface area (Å²) in [6.07, 6.45) is 0. The van der Waals surface area contributed by atoms with Crippen LogP contribution in [0.1, 0.15) is 32.2 Å². The first-order valence-corrected chi connectivity index (χ1v) is 6.47. The molecule has 0 radical (unpaired) electrons. The second-order valence-electron chi connectivity index (χ2n) is 4.99. The summed E-state index contributed by atoms with van der Waals surface area (Å²) in [5, 5.41) is 0.508. The van der Waals surface area contributed by atoms with Gasteiger partial charge in [0.05, 0.1) is 9.21 Å². The zero-order valence-corrected chi connectivity index (χ0v) is 11.8. The molecule has 3 nitrogen and oxygen atoms in total. The lowest BCUT2D eigenvalue weighted by Gasteiger charge is -2.14. The molecule has 90 valence electrons. The standard InChI is InChI=1S/C12H13NO2S2/c1-6-5-7-8(17-10(6)16)13-11(12(2,3)4)15-9(7)14/h5H,1-4H3. The van der Waals surface area contributed by atoms with Crippen molar-refractivity contribution in [1.82, 2.24) is 4.98 Å². The van der Waals surface area contributed by atoms with Crippen LogP contribution in [0.3, 0.4) is 0 Å². The monoisotopic (exact) mass is 267 g/mol. The van der Waals surface area contributed by atoms with E-state index in [2.05, 4.69) is 4.98 Å². The summed E-state index contributed by atoms with van der Waals surface area (Å²) in [5.41, 5.74) is 0.288. The maximum absolute atomic E-state index is 11.9. The molecule has 5 heteroatoms. The first-order valence-electron chi connectivity index (χ1n) is 5.25. The molecule has 0 aliphatic heterocycles. The summed E-state index contributed by atoms with van der Waals surface area (Å²) < 4.78 is 6.02. The number of rotatable bonds is 0. The topological polar surface area (TPSA) is 43.1 Å². The SMILES string of the molecule is Cc1cc2c(=O)oc(C(C)(C)C)nc2sc1=S. The predicted octanol–water partition coefficient (Wildman–Crippen LogP) is 3.58. The summed E-state index contributed by atoms with van der Waals surface area (Å²) in [7, 11) is 0. The molecule has 17 heavy (non-hydrogen) atoms. The lowest BCUT2D eigenvalue weighted by Crippen LogP contribution is -2.17. The second-order valence-corrected chi connectivity index (χ2v) is 6.66. The first kappa shape index (κ1) is 12.4. The van der Waals surface area contributed by atoms with Crippen LogP contribution in [0.2, 0.25) is 0 Å². The Hall–Kier alpha value is -1.07. The van der Waals surface area contributed by atoms with Crippen molar-refractivity contribution in [2.24, 2.45) is 0 Å². The zero-order chi connectivity index (χ0) is 12.8. The van der Waals surface area contributed by atoms with Crippen LogP contribution in [-0.2, 0) is 5.41 Å². The van der Waals surface area contributed by atoms with E-state index < -0.39 is 0 Å². The number of nitrogens with zero attached hydrogens (tertiary/aromatic N) is 1. The van der Waals surface area contributed by atoms with E-state index in [1.54, 1.807) is 6.07 Å². The molecule has 2 aromatic rings.